The van der Waals surface area contributed by atoms with Crippen LogP contribution in [0, 0.1) is 0 Å². The van der Waals surface area contributed by atoms with E-state index in [1.165, 1.54) is 0 Å². The predicted molar refractivity (Wildman–Crippen MR) is 71.6 cm³/mol. The summed E-state index contributed by atoms with van der Waals surface area (Å²) in [6, 6.07) is -0.107. The van der Waals surface area contributed by atoms with E-state index in [0.29, 0.717) is 12.7 Å². The van der Waals surface area contributed by atoms with Crippen molar-refractivity contribution in [1.82, 2.24) is 4.90 Å². The first-order valence-corrected chi connectivity index (χ1v) is 7.25. The van der Waals surface area contributed by atoms with Gasteiger partial charge in [-0.2, -0.15) is 0 Å². The van der Waals surface area contributed by atoms with Crippen LogP contribution in [0.2, 0.25) is 0 Å². The van der Waals surface area contributed by atoms with E-state index in [4.69, 9.17) is 9.47 Å². The van der Waals surface area contributed by atoms with Crippen LogP contribution >= 0.6 is 0 Å². The zero-order chi connectivity index (χ0) is 13.4. The highest BCUT2D eigenvalue weighted by Gasteiger charge is 2.28. The standard InChI is InChI=1S/C14H27NO3/c1-4-8-13(14(16)17-6-3)15(5-2)11-12-9-7-10-18-12/h12-13H,4-11H2,1-3H3. The van der Waals surface area contributed by atoms with Gasteiger partial charge in [-0.15, -0.1) is 0 Å². The van der Waals surface area contributed by atoms with Crippen LogP contribution in [-0.2, 0) is 14.3 Å². The minimum absolute atomic E-state index is 0.0841. The summed E-state index contributed by atoms with van der Waals surface area (Å²) >= 11 is 0. The fraction of sp³-hybridized carbons (Fsp3) is 0.929. The molecule has 2 atom stereocenters. The Balaban J connectivity index is 2.57. The summed E-state index contributed by atoms with van der Waals surface area (Å²) in [6.07, 6.45) is 4.39. The molecule has 0 aromatic heterocycles. The Bertz CT molecular complexity index is 239. The summed E-state index contributed by atoms with van der Waals surface area (Å²) < 4.78 is 10.8. The maximum atomic E-state index is 12.0. The van der Waals surface area contributed by atoms with E-state index in [0.717, 1.165) is 45.4 Å². The summed E-state index contributed by atoms with van der Waals surface area (Å²) in [5, 5.41) is 0. The second-order valence-electron chi connectivity index (χ2n) is 4.78. The van der Waals surface area contributed by atoms with E-state index in [2.05, 4.69) is 18.7 Å². The number of hydrogen-bond donors (Lipinski definition) is 0. The zero-order valence-electron chi connectivity index (χ0n) is 12.0. The van der Waals surface area contributed by atoms with E-state index in [1.54, 1.807) is 0 Å². The molecule has 0 radical (unpaired) electrons. The number of rotatable bonds is 8. The number of carbonyl (C=O) groups is 1. The first-order chi connectivity index (χ1) is 8.72. The normalized spacial score (nSPS) is 21.2. The molecule has 4 heteroatoms. The van der Waals surface area contributed by atoms with Crippen molar-refractivity contribution in [3.8, 4) is 0 Å². The second-order valence-corrected chi connectivity index (χ2v) is 4.78. The Morgan fingerprint density at radius 3 is 2.72 bits per heavy atom. The van der Waals surface area contributed by atoms with Gasteiger partial charge in [0.25, 0.3) is 0 Å². The van der Waals surface area contributed by atoms with Crippen molar-refractivity contribution in [2.24, 2.45) is 0 Å². The van der Waals surface area contributed by atoms with Gasteiger partial charge in [-0.05, 0) is 32.7 Å². The average molecular weight is 257 g/mol. The topological polar surface area (TPSA) is 38.8 Å². The fourth-order valence-electron chi connectivity index (χ4n) is 2.49. The molecule has 18 heavy (non-hydrogen) atoms. The lowest BCUT2D eigenvalue weighted by Gasteiger charge is -2.30. The summed E-state index contributed by atoms with van der Waals surface area (Å²) in [4.78, 5) is 14.2. The van der Waals surface area contributed by atoms with Crippen molar-refractivity contribution in [3.05, 3.63) is 0 Å². The molecule has 1 heterocycles. The third-order valence-corrected chi connectivity index (χ3v) is 3.43. The maximum Gasteiger partial charge on any atom is 0.323 e. The first kappa shape index (κ1) is 15.4. The van der Waals surface area contributed by atoms with Gasteiger partial charge in [0.05, 0.1) is 12.7 Å². The Labute approximate surface area is 111 Å². The van der Waals surface area contributed by atoms with Crippen LogP contribution < -0.4 is 0 Å². The van der Waals surface area contributed by atoms with Crippen LogP contribution in [0.4, 0.5) is 0 Å². The third-order valence-electron chi connectivity index (χ3n) is 3.43. The third kappa shape index (κ3) is 4.58. The van der Waals surface area contributed by atoms with Crippen molar-refractivity contribution >= 4 is 5.97 Å². The maximum absolute atomic E-state index is 12.0. The number of carbonyl (C=O) groups excluding carboxylic acids is 1. The van der Waals surface area contributed by atoms with E-state index < -0.39 is 0 Å². The number of hydrogen-bond acceptors (Lipinski definition) is 4. The monoisotopic (exact) mass is 257 g/mol. The predicted octanol–water partition coefficient (Wildman–Crippen LogP) is 2.22. The molecule has 1 saturated heterocycles. The van der Waals surface area contributed by atoms with Gasteiger partial charge in [0.15, 0.2) is 0 Å². The Kier molecular flexibility index (Phi) is 7.28. The zero-order valence-corrected chi connectivity index (χ0v) is 12.0. The smallest absolute Gasteiger partial charge is 0.323 e. The second kappa shape index (κ2) is 8.48. The van der Waals surface area contributed by atoms with E-state index in [1.807, 2.05) is 6.92 Å². The van der Waals surface area contributed by atoms with Crippen LogP contribution in [0.15, 0.2) is 0 Å². The average Bonchev–Trinajstić information content (AvgIpc) is 2.86. The van der Waals surface area contributed by atoms with Crippen molar-refractivity contribution in [2.75, 3.05) is 26.3 Å². The molecule has 1 aliphatic heterocycles. The number of nitrogens with zero attached hydrogens (tertiary/aromatic N) is 1. The molecule has 1 fully saturated rings. The molecular weight excluding hydrogens is 230 g/mol. The Hall–Kier alpha value is -0.610. The molecule has 0 aliphatic carbocycles. The molecule has 0 aromatic carbocycles. The highest BCUT2D eigenvalue weighted by atomic mass is 16.5. The van der Waals surface area contributed by atoms with Crippen LogP contribution in [0.25, 0.3) is 0 Å². The molecule has 0 N–H and O–H groups in total. The summed E-state index contributed by atoms with van der Waals surface area (Å²) in [7, 11) is 0. The highest BCUT2D eigenvalue weighted by Crippen LogP contribution is 2.17. The number of esters is 1. The van der Waals surface area contributed by atoms with E-state index >= 15 is 0 Å². The van der Waals surface area contributed by atoms with Gasteiger partial charge < -0.3 is 9.47 Å². The van der Waals surface area contributed by atoms with Crippen LogP contribution in [0.1, 0.15) is 46.5 Å². The molecule has 0 saturated carbocycles. The van der Waals surface area contributed by atoms with Crippen molar-refractivity contribution in [2.45, 2.75) is 58.6 Å². The van der Waals surface area contributed by atoms with Crippen molar-refractivity contribution in [1.29, 1.82) is 0 Å². The fourth-order valence-corrected chi connectivity index (χ4v) is 2.49. The van der Waals surface area contributed by atoms with Crippen LogP contribution in [-0.4, -0.2) is 49.3 Å². The Morgan fingerprint density at radius 1 is 1.44 bits per heavy atom. The van der Waals surface area contributed by atoms with E-state index in [-0.39, 0.29) is 12.0 Å². The molecule has 4 nitrogen and oxygen atoms in total. The SMILES string of the molecule is CCCC(C(=O)OCC)N(CC)CC1CCCO1. The Morgan fingerprint density at radius 2 is 2.22 bits per heavy atom. The quantitative estimate of drug-likeness (QED) is 0.625. The highest BCUT2D eigenvalue weighted by molar-refractivity contribution is 5.75. The molecule has 0 spiro atoms. The van der Waals surface area contributed by atoms with Gasteiger partial charge in [-0.1, -0.05) is 20.3 Å². The lowest BCUT2D eigenvalue weighted by Crippen LogP contribution is -2.45. The molecule has 1 rings (SSSR count). The molecule has 0 amide bonds. The number of ether oxygens (including phenoxy) is 2. The molecule has 0 aromatic rings. The van der Waals surface area contributed by atoms with E-state index in [9.17, 15) is 4.79 Å². The molecule has 0 bridgehead atoms. The molecule has 1 aliphatic rings. The van der Waals surface area contributed by atoms with Gasteiger partial charge in [0.2, 0.25) is 0 Å². The summed E-state index contributed by atoms with van der Waals surface area (Å²) in [6.45, 7) is 9.08. The minimum atomic E-state index is -0.107. The molecule has 2 unspecified atom stereocenters. The molecule has 106 valence electrons. The van der Waals surface area contributed by atoms with Crippen molar-refractivity contribution < 1.29 is 14.3 Å². The number of likely N-dealkylation sites (N-methyl/N-ethyl adjacent to an activating group) is 1. The van der Waals surface area contributed by atoms with Crippen molar-refractivity contribution in [3.63, 3.8) is 0 Å². The van der Waals surface area contributed by atoms with Crippen LogP contribution in [0.3, 0.4) is 0 Å². The van der Waals surface area contributed by atoms with Crippen LogP contribution in [0.5, 0.6) is 0 Å². The minimum Gasteiger partial charge on any atom is -0.465 e. The van der Waals surface area contributed by atoms with Gasteiger partial charge in [0, 0.05) is 13.2 Å². The van der Waals surface area contributed by atoms with Gasteiger partial charge in [-0.25, -0.2) is 0 Å². The summed E-state index contributed by atoms with van der Waals surface area (Å²) in [5.74, 6) is -0.0841. The lowest BCUT2D eigenvalue weighted by atomic mass is 10.1. The first-order valence-electron chi connectivity index (χ1n) is 7.25. The summed E-state index contributed by atoms with van der Waals surface area (Å²) in [5.41, 5.74) is 0. The molecular formula is C14H27NO3. The van der Waals surface area contributed by atoms with Gasteiger partial charge in [0.1, 0.15) is 6.04 Å². The van der Waals surface area contributed by atoms with Gasteiger partial charge >= 0.3 is 5.97 Å². The lowest BCUT2D eigenvalue weighted by molar-refractivity contribution is -0.150. The largest absolute Gasteiger partial charge is 0.465 e. The van der Waals surface area contributed by atoms with Gasteiger partial charge in [-0.3, -0.25) is 9.69 Å².